The molecule has 1 aromatic carbocycles. The second-order valence-electron chi connectivity index (χ2n) is 5.54. The molecule has 0 saturated carbocycles. The van der Waals surface area contributed by atoms with Crippen LogP contribution in [0, 0.1) is 0 Å². The van der Waals surface area contributed by atoms with Gasteiger partial charge in [-0.3, -0.25) is 4.79 Å². The smallest absolute Gasteiger partial charge is 0.292 e. The largest absolute Gasteiger partial charge is 0.351 e. The maximum Gasteiger partial charge on any atom is 0.292 e. The SMILES string of the molecule is CC(c1ccccc1)c1cc(C(=O)N(C)Cc2ccsc2)on1. The number of carbonyl (C=O) groups is 1. The van der Waals surface area contributed by atoms with Crippen LogP contribution < -0.4 is 0 Å². The molecular weight excluding hydrogens is 308 g/mol. The van der Waals surface area contributed by atoms with Crippen LogP contribution in [0.4, 0.5) is 0 Å². The monoisotopic (exact) mass is 326 g/mol. The van der Waals surface area contributed by atoms with Crippen LogP contribution in [0.3, 0.4) is 0 Å². The summed E-state index contributed by atoms with van der Waals surface area (Å²) in [7, 11) is 1.77. The predicted molar refractivity (Wildman–Crippen MR) is 90.6 cm³/mol. The number of hydrogen-bond acceptors (Lipinski definition) is 4. The Bertz CT molecular complexity index is 765. The highest BCUT2D eigenvalue weighted by Gasteiger charge is 2.20. The number of carbonyl (C=O) groups excluding carboxylic acids is 1. The van der Waals surface area contributed by atoms with Gasteiger partial charge in [0.25, 0.3) is 5.91 Å². The molecule has 4 nitrogen and oxygen atoms in total. The number of rotatable bonds is 5. The van der Waals surface area contributed by atoms with Crippen molar-refractivity contribution >= 4 is 17.2 Å². The predicted octanol–water partition coefficient (Wildman–Crippen LogP) is 4.16. The van der Waals surface area contributed by atoms with Crippen molar-refractivity contribution in [1.29, 1.82) is 0 Å². The zero-order chi connectivity index (χ0) is 16.2. The quantitative estimate of drug-likeness (QED) is 0.707. The summed E-state index contributed by atoms with van der Waals surface area (Å²) in [6.07, 6.45) is 0. The highest BCUT2D eigenvalue weighted by atomic mass is 32.1. The Balaban J connectivity index is 1.72. The Morgan fingerprint density at radius 3 is 2.78 bits per heavy atom. The molecule has 3 rings (SSSR count). The molecule has 118 valence electrons. The van der Waals surface area contributed by atoms with E-state index in [0.717, 1.165) is 16.8 Å². The molecule has 1 amide bonds. The molecule has 0 aliphatic heterocycles. The lowest BCUT2D eigenvalue weighted by Gasteiger charge is -2.14. The van der Waals surface area contributed by atoms with E-state index < -0.39 is 0 Å². The maximum atomic E-state index is 12.4. The highest BCUT2D eigenvalue weighted by Crippen LogP contribution is 2.24. The van der Waals surface area contributed by atoms with Crippen molar-refractivity contribution in [3.63, 3.8) is 0 Å². The molecule has 0 saturated heterocycles. The van der Waals surface area contributed by atoms with Crippen molar-refractivity contribution < 1.29 is 9.32 Å². The minimum absolute atomic E-state index is 0.0867. The lowest BCUT2D eigenvalue weighted by molar-refractivity contribution is 0.0743. The highest BCUT2D eigenvalue weighted by molar-refractivity contribution is 7.07. The van der Waals surface area contributed by atoms with Gasteiger partial charge in [-0.1, -0.05) is 42.4 Å². The second-order valence-corrected chi connectivity index (χ2v) is 6.32. The van der Waals surface area contributed by atoms with Gasteiger partial charge >= 0.3 is 0 Å². The molecule has 5 heteroatoms. The van der Waals surface area contributed by atoms with Crippen LogP contribution in [0.15, 0.2) is 57.7 Å². The van der Waals surface area contributed by atoms with Gasteiger partial charge in [-0.2, -0.15) is 11.3 Å². The van der Waals surface area contributed by atoms with Crippen molar-refractivity contribution in [3.05, 3.63) is 75.8 Å². The molecule has 0 N–H and O–H groups in total. The number of hydrogen-bond donors (Lipinski definition) is 0. The number of amides is 1. The van der Waals surface area contributed by atoms with E-state index in [0.29, 0.717) is 6.54 Å². The minimum Gasteiger partial charge on any atom is -0.351 e. The standard InChI is InChI=1S/C18H18N2O2S/c1-13(15-6-4-3-5-7-15)16-10-17(22-19-16)18(21)20(2)11-14-8-9-23-12-14/h3-10,12-13H,11H2,1-2H3. The van der Waals surface area contributed by atoms with Gasteiger partial charge in [-0.05, 0) is 28.0 Å². The number of thiophene rings is 1. The third kappa shape index (κ3) is 3.51. The first-order chi connectivity index (χ1) is 11.1. The average molecular weight is 326 g/mol. The number of aromatic nitrogens is 1. The molecule has 0 aliphatic carbocycles. The molecule has 1 atom stereocenters. The summed E-state index contributed by atoms with van der Waals surface area (Å²) in [5, 5.41) is 8.11. The molecule has 2 aromatic heterocycles. The van der Waals surface area contributed by atoms with E-state index in [9.17, 15) is 4.79 Å². The van der Waals surface area contributed by atoms with E-state index in [-0.39, 0.29) is 17.6 Å². The second kappa shape index (κ2) is 6.79. The third-order valence-electron chi connectivity index (χ3n) is 3.83. The summed E-state index contributed by atoms with van der Waals surface area (Å²) in [6, 6.07) is 13.8. The Morgan fingerprint density at radius 2 is 2.09 bits per heavy atom. The van der Waals surface area contributed by atoms with Crippen molar-refractivity contribution in [2.75, 3.05) is 7.05 Å². The first-order valence-electron chi connectivity index (χ1n) is 7.43. The Labute approximate surface area is 139 Å². The summed E-state index contributed by atoms with van der Waals surface area (Å²) in [5.41, 5.74) is 3.03. The molecule has 1 unspecified atom stereocenters. The molecular formula is C18H18N2O2S. The summed E-state index contributed by atoms with van der Waals surface area (Å²) < 4.78 is 5.27. The van der Waals surface area contributed by atoms with Gasteiger partial charge in [0.15, 0.2) is 0 Å². The van der Waals surface area contributed by atoms with Crippen LogP contribution in [0.2, 0.25) is 0 Å². The van der Waals surface area contributed by atoms with Crippen LogP contribution in [-0.2, 0) is 6.54 Å². The fourth-order valence-corrected chi connectivity index (χ4v) is 3.08. The normalized spacial score (nSPS) is 12.1. The molecule has 0 bridgehead atoms. The zero-order valence-electron chi connectivity index (χ0n) is 13.1. The average Bonchev–Trinajstić information content (AvgIpc) is 3.26. The van der Waals surface area contributed by atoms with Crippen LogP contribution in [-0.4, -0.2) is 23.0 Å². The summed E-state index contributed by atoms with van der Waals surface area (Å²) in [6.45, 7) is 2.61. The van der Waals surface area contributed by atoms with Gasteiger partial charge in [0.1, 0.15) is 0 Å². The van der Waals surface area contributed by atoms with Gasteiger partial charge in [-0.15, -0.1) is 0 Å². The number of benzene rings is 1. The van der Waals surface area contributed by atoms with E-state index in [1.54, 1.807) is 29.4 Å². The Kier molecular flexibility index (Phi) is 4.57. The van der Waals surface area contributed by atoms with Gasteiger partial charge in [-0.25, -0.2) is 0 Å². The third-order valence-corrected chi connectivity index (χ3v) is 4.56. The molecule has 3 aromatic rings. The van der Waals surface area contributed by atoms with E-state index in [2.05, 4.69) is 12.1 Å². The number of nitrogens with zero attached hydrogens (tertiary/aromatic N) is 2. The van der Waals surface area contributed by atoms with Crippen molar-refractivity contribution in [1.82, 2.24) is 10.1 Å². The summed E-state index contributed by atoms with van der Waals surface area (Å²) in [5.74, 6) is 0.208. The molecule has 0 aliphatic rings. The Hall–Kier alpha value is -2.40. The van der Waals surface area contributed by atoms with Gasteiger partial charge in [0, 0.05) is 25.6 Å². The zero-order valence-corrected chi connectivity index (χ0v) is 13.9. The molecule has 0 radical (unpaired) electrons. The molecule has 23 heavy (non-hydrogen) atoms. The molecule has 2 heterocycles. The minimum atomic E-state index is -0.157. The van der Waals surface area contributed by atoms with Crippen molar-refractivity contribution in [2.45, 2.75) is 19.4 Å². The van der Waals surface area contributed by atoms with Crippen LogP contribution >= 0.6 is 11.3 Å². The maximum absolute atomic E-state index is 12.4. The fraction of sp³-hybridized carbons (Fsp3) is 0.222. The van der Waals surface area contributed by atoms with E-state index >= 15 is 0 Å². The summed E-state index contributed by atoms with van der Waals surface area (Å²) >= 11 is 1.62. The topological polar surface area (TPSA) is 46.3 Å². The van der Waals surface area contributed by atoms with E-state index in [1.165, 1.54) is 0 Å². The lowest BCUT2D eigenvalue weighted by atomic mass is 9.98. The van der Waals surface area contributed by atoms with E-state index in [4.69, 9.17) is 4.52 Å². The van der Waals surface area contributed by atoms with Gasteiger partial charge in [0.05, 0.1) is 5.69 Å². The first kappa shape index (κ1) is 15.5. The van der Waals surface area contributed by atoms with Crippen LogP contribution in [0.5, 0.6) is 0 Å². The fourth-order valence-electron chi connectivity index (χ4n) is 2.42. The molecule has 0 spiro atoms. The first-order valence-corrected chi connectivity index (χ1v) is 8.37. The van der Waals surface area contributed by atoms with Gasteiger partial charge < -0.3 is 9.42 Å². The molecule has 0 fully saturated rings. The van der Waals surface area contributed by atoms with Crippen molar-refractivity contribution in [3.8, 4) is 0 Å². The summed E-state index contributed by atoms with van der Waals surface area (Å²) in [4.78, 5) is 14.1. The van der Waals surface area contributed by atoms with Gasteiger partial charge in [0.2, 0.25) is 5.76 Å². The van der Waals surface area contributed by atoms with Crippen molar-refractivity contribution in [2.24, 2.45) is 0 Å². The van der Waals surface area contributed by atoms with Crippen LogP contribution in [0.1, 0.15) is 40.2 Å². The lowest BCUT2D eigenvalue weighted by Crippen LogP contribution is -2.25. The van der Waals surface area contributed by atoms with Crippen LogP contribution in [0.25, 0.3) is 0 Å². The van der Waals surface area contributed by atoms with E-state index in [1.807, 2.05) is 47.2 Å². The Morgan fingerprint density at radius 1 is 1.30 bits per heavy atom.